The Morgan fingerprint density at radius 3 is 1.52 bits per heavy atom. The molecule has 0 radical (unpaired) electrons. The molecule has 6 rings (SSSR count). The lowest BCUT2D eigenvalue weighted by Crippen LogP contribution is -2.23. The van der Waals surface area contributed by atoms with Crippen LogP contribution in [0, 0.1) is 0 Å². The first-order valence-electron chi connectivity index (χ1n) is 11.6. The molecule has 0 amide bonds. The Morgan fingerprint density at radius 2 is 1.09 bits per heavy atom. The zero-order valence-corrected chi connectivity index (χ0v) is 19.0. The molecule has 2 saturated heterocycles. The minimum atomic E-state index is -0.388. The molecule has 0 spiro atoms. The van der Waals surface area contributed by atoms with Gasteiger partial charge in [0.05, 0.1) is 13.2 Å². The molecule has 2 heterocycles. The third kappa shape index (κ3) is 3.94. The van der Waals surface area contributed by atoms with E-state index in [9.17, 15) is 0 Å². The zero-order valence-electron chi connectivity index (χ0n) is 19.0. The highest BCUT2D eigenvalue weighted by molar-refractivity contribution is 5.93. The van der Waals surface area contributed by atoms with E-state index in [0.29, 0.717) is 13.2 Å². The normalized spacial score (nSPS) is 19.6. The highest BCUT2D eigenvalue weighted by Crippen LogP contribution is 2.47. The van der Waals surface area contributed by atoms with Gasteiger partial charge < -0.3 is 18.9 Å². The van der Waals surface area contributed by atoms with E-state index in [2.05, 4.69) is 86.6 Å². The van der Waals surface area contributed by atoms with Crippen molar-refractivity contribution in [3.63, 3.8) is 0 Å². The van der Waals surface area contributed by atoms with Crippen LogP contribution in [-0.2, 0) is 14.9 Å². The average Bonchev–Trinajstić information content (AvgIpc) is 3.75. The van der Waals surface area contributed by atoms with Crippen LogP contribution in [0.3, 0.4) is 0 Å². The van der Waals surface area contributed by atoms with Gasteiger partial charge in [-0.25, -0.2) is 0 Å². The molecule has 0 saturated carbocycles. The van der Waals surface area contributed by atoms with E-state index >= 15 is 0 Å². The number of ether oxygens (including phenoxy) is 4. The van der Waals surface area contributed by atoms with Gasteiger partial charge in [-0.15, -0.1) is 0 Å². The lowest BCUT2D eigenvalue weighted by atomic mass is 9.73. The highest BCUT2D eigenvalue weighted by Gasteiger charge is 2.35. The molecule has 2 fully saturated rings. The quantitative estimate of drug-likeness (QED) is 0.321. The number of hydrogen-bond donors (Lipinski definition) is 0. The summed E-state index contributed by atoms with van der Waals surface area (Å²) in [7, 11) is 0. The molecule has 0 aromatic heterocycles. The molecular weight excluding hydrogens is 412 g/mol. The molecule has 2 unspecified atom stereocenters. The standard InChI is InChI=1S/C29H28O4/c1-29(2,27-23-9-5-3-7-19(23)11-13-25(27)32-17-21-15-30-21)28-24-10-6-4-8-20(24)12-14-26(28)33-18-22-16-31-22/h3-14,21-22H,15-18H2,1-2H3. The largest absolute Gasteiger partial charge is 0.490 e. The third-order valence-corrected chi connectivity index (χ3v) is 6.69. The first-order valence-corrected chi connectivity index (χ1v) is 11.6. The van der Waals surface area contributed by atoms with Gasteiger partial charge >= 0.3 is 0 Å². The maximum Gasteiger partial charge on any atom is 0.124 e. The van der Waals surface area contributed by atoms with Crippen LogP contribution in [0.15, 0.2) is 72.8 Å². The van der Waals surface area contributed by atoms with Gasteiger partial charge in [0.25, 0.3) is 0 Å². The second kappa shape index (κ2) is 8.05. The molecule has 4 aromatic rings. The van der Waals surface area contributed by atoms with Crippen molar-refractivity contribution in [2.45, 2.75) is 31.5 Å². The molecule has 2 aliphatic heterocycles. The van der Waals surface area contributed by atoms with E-state index in [1.807, 2.05) is 0 Å². The van der Waals surface area contributed by atoms with Crippen LogP contribution in [0.25, 0.3) is 21.5 Å². The summed E-state index contributed by atoms with van der Waals surface area (Å²) in [4.78, 5) is 0. The summed E-state index contributed by atoms with van der Waals surface area (Å²) >= 11 is 0. The topological polar surface area (TPSA) is 43.5 Å². The van der Waals surface area contributed by atoms with Crippen molar-refractivity contribution in [1.29, 1.82) is 0 Å². The lowest BCUT2D eigenvalue weighted by molar-refractivity contribution is 0.255. The number of benzene rings is 4. The van der Waals surface area contributed by atoms with Gasteiger partial charge in [0.15, 0.2) is 0 Å². The van der Waals surface area contributed by atoms with Gasteiger partial charge in [-0.3, -0.25) is 0 Å². The van der Waals surface area contributed by atoms with E-state index in [1.165, 1.54) is 32.7 Å². The summed E-state index contributed by atoms with van der Waals surface area (Å²) in [5.74, 6) is 1.80. The van der Waals surface area contributed by atoms with Crippen molar-refractivity contribution in [3.8, 4) is 11.5 Å². The van der Waals surface area contributed by atoms with E-state index in [0.717, 1.165) is 24.7 Å². The number of hydrogen-bond acceptors (Lipinski definition) is 4. The Kier molecular flexibility index (Phi) is 5.01. The molecule has 33 heavy (non-hydrogen) atoms. The van der Waals surface area contributed by atoms with E-state index in [1.54, 1.807) is 0 Å². The number of epoxide rings is 2. The minimum absolute atomic E-state index is 0.197. The fourth-order valence-corrected chi connectivity index (χ4v) is 4.85. The first kappa shape index (κ1) is 20.5. The Bertz CT molecular complexity index is 1220. The van der Waals surface area contributed by atoms with E-state index in [-0.39, 0.29) is 17.6 Å². The van der Waals surface area contributed by atoms with Crippen LogP contribution < -0.4 is 9.47 Å². The number of rotatable bonds is 8. The molecule has 4 aromatic carbocycles. The van der Waals surface area contributed by atoms with Gasteiger partial charge in [-0.05, 0) is 33.7 Å². The number of fused-ring (bicyclic) bond motifs is 2. The second-order valence-electron chi connectivity index (χ2n) is 9.48. The smallest absolute Gasteiger partial charge is 0.124 e. The Morgan fingerprint density at radius 1 is 0.667 bits per heavy atom. The molecule has 4 nitrogen and oxygen atoms in total. The van der Waals surface area contributed by atoms with Crippen LogP contribution in [0.4, 0.5) is 0 Å². The van der Waals surface area contributed by atoms with Crippen LogP contribution in [0.1, 0.15) is 25.0 Å². The van der Waals surface area contributed by atoms with Crippen molar-refractivity contribution in [3.05, 3.63) is 83.9 Å². The molecule has 2 aliphatic rings. The summed E-state index contributed by atoms with van der Waals surface area (Å²) in [5, 5.41) is 4.79. The molecule has 4 heteroatoms. The maximum absolute atomic E-state index is 6.35. The zero-order chi connectivity index (χ0) is 22.4. The molecule has 0 bridgehead atoms. The molecule has 168 valence electrons. The Balaban J connectivity index is 1.56. The van der Waals surface area contributed by atoms with Gasteiger partial charge in [0, 0.05) is 16.5 Å². The predicted molar refractivity (Wildman–Crippen MR) is 130 cm³/mol. The van der Waals surface area contributed by atoms with Crippen LogP contribution >= 0.6 is 0 Å². The van der Waals surface area contributed by atoms with Crippen molar-refractivity contribution in [1.82, 2.24) is 0 Å². The van der Waals surface area contributed by atoms with Crippen molar-refractivity contribution in [2.75, 3.05) is 26.4 Å². The van der Waals surface area contributed by atoms with Crippen molar-refractivity contribution < 1.29 is 18.9 Å². The van der Waals surface area contributed by atoms with E-state index in [4.69, 9.17) is 18.9 Å². The second-order valence-corrected chi connectivity index (χ2v) is 9.48. The third-order valence-electron chi connectivity index (χ3n) is 6.69. The first-order chi connectivity index (χ1) is 16.1. The summed E-state index contributed by atoms with van der Waals surface area (Å²) in [6.45, 7) is 7.24. The van der Waals surface area contributed by atoms with Crippen molar-refractivity contribution in [2.24, 2.45) is 0 Å². The van der Waals surface area contributed by atoms with Crippen LogP contribution in [0.5, 0.6) is 11.5 Å². The van der Waals surface area contributed by atoms with Gasteiger partial charge in [0.2, 0.25) is 0 Å². The monoisotopic (exact) mass is 440 g/mol. The molecule has 2 atom stereocenters. The van der Waals surface area contributed by atoms with Crippen molar-refractivity contribution >= 4 is 21.5 Å². The van der Waals surface area contributed by atoms with Crippen LogP contribution in [-0.4, -0.2) is 38.6 Å². The van der Waals surface area contributed by atoms with Gasteiger partial charge in [-0.1, -0.05) is 74.5 Å². The maximum atomic E-state index is 6.35. The fourth-order valence-electron chi connectivity index (χ4n) is 4.85. The molecule has 0 N–H and O–H groups in total. The van der Waals surface area contributed by atoms with Gasteiger partial charge in [-0.2, -0.15) is 0 Å². The fraction of sp³-hybridized carbons (Fsp3) is 0.310. The minimum Gasteiger partial charge on any atom is -0.490 e. The summed E-state index contributed by atoms with van der Waals surface area (Å²) in [6, 6.07) is 25.6. The predicted octanol–water partition coefficient (Wildman–Crippen LogP) is 5.87. The van der Waals surface area contributed by atoms with Gasteiger partial charge in [0.1, 0.15) is 36.9 Å². The molecule has 0 aliphatic carbocycles. The lowest BCUT2D eigenvalue weighted by Gasteiger charge is -2.32. The summed E-state index contributed by atoms with van der Waals surface area (Å²) in [6.07, 6.45) is 0.393. The summed E-state index contributed by atoms with van der Waals surface area (Å²) < 4.78 is 23.5. The molecular formula is C29H28O4. The van der Waals surface area contributed by atoms with E-state index < -0.39 is 0 Å². The average molecular weight is 441 g/mol. The van der Waals surface area contributed by atoms with Crippen LogP contribution in [0.2, 0.25) is 0 Å². The Hall–Kier alpha value is -3.08. The summed E-state index contributed by atoms with van der Waals surface area (Å²) in [5.41, 5.74) is 1.96. The Labute approximate surface area is 194 Å². The highest BCUT2D eigenvalue weighted by atomic mass is 16.6. The SMILES string of the molecule is CC(C)(c1c(OCC2CO2)ccc2ccccc12)c1c(OCC2CO2)ccc2ccccc12.